The van der Waals surface area contributed by atoms with Gasteiger partial charge in [-0.05, 0) is 14.0 Å². The van der Waals surface area contributed by atoms with Gasteiger partial charge < -0.3 is 10.1 Å². The van der Waals surface area contributed by atoms with Gasteiger partial charge in [-0.1, -0.05) is 0 Å². The van der Waals surface area contributed by atoms with Crippen LogP contribution < -0.4 is 10.1 Å². The lowest BCUT2D eigenvalue weighted by Gasteiger charge is -2.16. The van der Waals surface area contributed by atoms with Crippen LogP contribution in [0.1, 0.15) is 24.4 Å². The highest BCUT2D eigenvalue weighted by molar-refractivity contribution is 5.33. The van der Waals surface area contributed by atoms with E-state index in [1.807, 2.05) is 18.7 Å². The molecule has 0 saturated heterocycles. The predicted octanol–water partition coefficient (Wildman–Crippen LogP) is 0.338. The summed E-state index contributed by atoms with van der Waals surface area (Å²) >= 11 is 0. The van der Waals surface area contributed by atoms with Gasteiger partial charge in [0.25, 0.3) is 0 Å². The quantitative estimate of drug-likeness (QED) is 0.782. The smallest absolute Gasteiger partial charge is 0.161 e. The van der Waals surface area contributed by atoms with Gasteiger partial charge in [0.1, 0.15) is 11.4 Å². The van der Waals surface area contributed by atoms with E-state index in [0.29, 0.717) is 0 Å². The summed E-state index contributed by atoms with van der Waals surface area (Å²) in [4.78, 5) is 0. The monoisotopic (exact) mass is 236 g/mol. The van der Waals surface area contributed by atoms with Crippen molar-refractivity contribution in [2.75, 3.05) is 14.2 Å². The van der Waals surface area contributed by atoms with E-state index in [1.165, 1.54) is 0 Å². The Morgan fingerprint density at radius 3 is 2.88 bits per heavy atom. The average molecular weight is 236 g/mol. The Morgan fingerprint density at radius 2 is 2.35 bits per heavy atom. The van der Waals surface area contributed by atoms with Crippen LogP contribution >= 0.6 is 0 Å². The zero-order chi connectivity index (χ0) is 12.3. The zero-order valence-electron chi connectivity index (χ0n) is 10.1. The third-order valence-electron chi connectivity index (χ3n) is 2.66. The molecule has 0 aromatic carbocycles. The topological polar surface area (TPSA) is 80.6 Å². The maximum absolute atomic E-state index is 5.33. The molecule has 0 aliphatic heterocycles. The van der Waals surface area contributed by atoms with Crippen molar-refractivity contribution < 1.29 is 4.74 Å². The molecule has 2 aromatic rings. The van der Waals surface area contributed by atoms with Gasteiger partial charge >= 0.3 is 0 Å². The van der Waals surface area contributed by atoms with Crippen LogP contribution in [0.3, 0.4) is 0 Å². The van der Waals surface area contributed by atoms with Gasteiger partial charge in [0.05, 0.1) is 25.5 Å². The van der Waals surface area contributed by atoms with E-state index in [-0.39, 0.29) is 6.04 Å². The van der Waals surface area contributed by atoms with Gasteiger partial charge in [-0.3, -0.25) is 4.68 Å². The first kappa shape index (κ1) is 11.6. The van der Waals surface area contributed by atoms with Crippen molar-refractivity contribution in [2.24, 2.45) is 0 Å². The molecule has 7 nitrogen and oxygen atoms in total. The highest BCUT2D eigenvalue weighted by Gasteiger charge is 2.23. The van der Waals surface area contributed by atoms with Crippen molar-refractivity contribution in [1.29, 1.82) is 0 Å². The van der Waals surface area contributed by atoms with Gasteiger partial charge in [-0.15, -0.1) is 0 Å². The minimum absolute atomic E-state index is 0.0915. The Labute approximate surface area is 99.2 Å². The molecule has 1 atom stereocenters. The molecule has 0 saturated carbocycles. The summed E-state index contributed by atoms with van der Waals surface area (Å²) in [5.74, 6) is 0.745. The van der Waals surface area contributed by atoms with E-state index in [2.05, 4.69) is 25.8 Å². The van der Waals surface area contributed by atoms with Gasteiger partial charge in [0.15, 0.2) is 5.75 Å². The molecule has 2 heterocycles. The summed E-state index contributed by atoms with van der Waals surface area (Å²) in [7, 11) is 3.50. The third-order valence-corrected chi connectivity index (χ3v) is 2.66. The van der Waals surface area contributed by atoms with E-state index in [1.54, 1.807) is 19.5 Å². The van der Waals surface area contributed by atoms with Crippen molar-refractivity contribution in [1.82, 2.24) is 30.5 Å². The van der Waals surface area contributed by atoms with Crippen molar-refractivity contribution in [3.63, 3.8) is 0 Å². The Bertz CT molecular complexity index is 442. The van der Waals surface area contributed by atoms with Crippen molar-refractivity contribution in [2.45, 2.75) is 19.5 Å². The molecule has 2 N–H and O–H groups in total. The molecule has 2 aromatic heterocycles. The van der Waals surface area contributed by atoms with Gasteiger partial charge in [-0.2, -0.15) is 20.5 Å². The number of aryl methyl sites for hydroxylation is 1. The Morgan fingerprint density at radius 1 is 1.53 bits per heavy atom. The molecule has 0 fully saturated rings. The number of H-pyrrole nitrogens is 1. The summed E-state index contributed by atoms with van der Waals surface area (Å²) in [6, 6.07) is -0.0915. The molecular weight excluding hydrogens is 220 g/mol. The number of aromatic nitrogens is 5. The lowest BCUT2D eigenvalue weighted by Crippen LogP contribution is -2.22. The SMILES string of the molecule is CCn1ncc(OC)c1C(NC)c1cn[nH]n1. The molecule has 0 spiro atoms. The molecule has 17 heavy (non-hydrogen) atoms. The summed E-state index contributed by atoms with van der Waals surface area (Å²) < 4.78 is 7.21. The number of methoxy groups -OCH3 is 1. The van der Waals surface area contributed by atoms with Gasteiger partial charge in [0.2, 0.25) is 0 Å². The maximum atomic E-state index is 5.33. The second kappa shape index (κ2) is 4.96. The van der Waals surface area contributed by atoms with Crippen LogP contribution in [0.5, 0.6) is 5.75 Å². The second-order valence-electron chi connectivity index (χ2n) is 3.53. The van der Waals surface area contributed by atoms with Crippen LogP contribution in [0.4, 0.5) is 0 Å². The molecule has 2 rings (SSSR count). The second-order valence-corrected chi connectivity index (χ2v) is 3.53. The molecule has 0 bridgehead atoms. The van der Waals surface area contributed by atoms with Crippen LogP contribution in [0.2, 0.25) is 0 Å². The van der Waals surface area contributed by atoms with Crippen LogP contribution in [-0.2, 0) is 6.54 Å². The van der Waals surface area contributed by atoms with Crippen molar-refractivity contribution >= 4 is 0 Å². The molecule has 92 valence electrons. The van der Waals surface area contributed by atoms with E-state index in [0.717, 1.165) is 23.7 Å². The first-order valence-electron chi connectivity index (χ1n) is 5.44. The largest absolute Gasteiger partial charge is 0.493 e. The van der Waals surface area contributed by atoms with E-state index >= 15 is 0 Å². The lowest BCUT2D eigenvalue weighted by atomic mass is 10.1. The van der Waals surface area contributed by atoms with E-state index in [9.17, 15) is 0 Å². The summed E-state index contributed by atoms with van der Waals surface area (Å²) in [5.41, 5.74) is 1.76. The maximum Gasteiger partial charge on any atom is 0.161 e. The number of hydrogen-bond donors (Lipinski definition) is 2. The predicted molar refractivity (Wildman–Crippen MR) is 61.7 cm³/mol. The Balaban J connectivity index is 2.46. The Kier molecular flexibility index (Phi) is 3.38. The van der Waals surface area contributed by atoms with E-state index < -0.39 is 0 Å². The first-order valence-corrected chi connectivity index (χ1v) is 5.44. The number of ether oxygens (including phenoxy) is 1. The minimum Gasteiger partial charge on any atom is -0.493 e. The van der Waals surface area contributed by atoms with E-state index in [4.69, 9.17) is 4.74 Å². The number of nitrogens with one attached hydrogen (secondary N) is 2. The normalized spacial score (nSPS) is 12.6. The number of rotatable bonds is 5. The first-order chi connectivity index (χ1) is 8.31. The molecule has 0 amide bonds. The minimum atomic E-state index is -0.0915. The number of nitrogens with zero attached hydrogens (tertiary/aromatic N) is 4. The molecule has 0 aliphatic carbocycles. The van der Waals surface area contributed by atoms with Crippen molar-refractivity contribution in [3.05, 3.63) is 23.8 Å². The van der Waals surface area contributed by atoms with Crippen LogP contribution in [0.25, 0.3) is 0 Å². The van der Waals surface area contributed by atoms with Crippen LogP contribution in [0, 0.1) is 0 Å². The lowest BCUT2D eigenvalue weighted by molar-refractivity contribution is 0.400. The fourth-order valence-electron chi connectivity index (χ4n) is 1.85. The fourth-order valence-corrected chi connectivity index (χ4v) is 1.85. The number of hydrogen-bond acceptors (Lipinski definition) is 5. The molecular formula is C10H16N6O. The standard InChI is InChI=1S/C10H16N6O/c1-4-16-10(8(17-3)6-13-16)9(11-2)7-5-12-15-14-7/h5-6,9,11H,4H2,1-3H3,(H,12,14,15). The molecule has 0 radical (unpaired) electrons. The zero-order valence-corrected chi connectivity index (χ0v) is 10.1. The van der Waals surface area contributed by atoms with Crippen LogP contribution in [-0.4, -0.2) is 39.3 Å². The molecule has 1 unspecified atom stereocenters. The highest BCUT2D eigenvalue weighted by atomic mass is 16.5. The summed E-state index contributed by atoms with van der Waals surface area (Å²) in [5, 5.41) is 18.0. The molecule has 0 aliphatic rings. The highest BCUT2D eigenvalue weighted by Crippen LogP contribution is 2.28. The average Bonchev–Trinajstić information content (AvgIpc) is 2.99. The van der Waals surface area contributed by atoms with Crippen LogP contribution in [0.15, 0.2) is 12.4 Å². The summed E-state index contributed by atoms with van der Waals surface area (Å²) in [6.07, 6.45) is 3.40. The van der Waals surface area contributed by atoms with Crippen molar-refractivity contribution in [3.8, 4) is 5.75 Å². The Hall–Kier alpha value is -1.89. The summed E-state index contributed by atoms with van der Waals surface area (Å²) in [6.45, 7) is 2.81. The van der Waals surface area contributed by atoms with Gasteiger partial charge in [0, 0.05) is 6.54 Å². The molecule has 7 heteroatoms. The van der Waals surface area contributed by atoms with Gasteiger partial charge in [-0.25, -0.2) is 0 Å². The fraction of sp³-hybridized carbons (Fsp3) is 0.500. The number of aromatic amines is 1. The third kappa shape index (κ3) is 2.01.